The summed E-state index contributed by atoms with van der Waals surface area (Å²) in [7, 11) is -7.84. The van der Waals surface area contributed by atoms with E-state index in [4.69, 9.17) is 4.98 Å². The van der Waals surface area contributed by atoms with E-state index in [0.29, 0.717) is 56.6 Å². The van der Waals surface area contributed by atoms with Crippen molar-refractivity contribution in [3.05, 3.63) is 100 Å². The van der Waals surface area contributed by atoms with Crippen molar-refractivity contribution < 1.29 is 55.8 Å². The number of carbonyl (C=O) groups excluding carboxylic acids is 4. The van der Waals surface area contributed by atoms with Gasteiger partial charge >= 0.3 is 11.9 Å². The number of anilines is 2. The van der Waals surface area contributed by atoms with Gasteiger partial charge < -0.3 is 42.1 Å². The summed E-state index contributed by atoms with van der Waals surface area (Å²) < 4.78 is 55.5. The Hall–Kier alpha value is -7.09. The number of unbranched alkanes of at least 4 members (excludes halogenated alkanes) is 2. The second-order valence-electron chi connectivity index (χ2n) is 20.5. The molecule has 7 heterocycles. The Morgan fingerprint density at radius 3 is 1.72 bits per heavy atom. The molecule has 0 radical (unpaired) electrons. The van der Waals surface area contributed by atoms with Crippen LogP contribution in [0.3, 0.4) is 0 Å². The van der Waals surface area contributed by atoms with E-state index in [1.54, 1.807) is 32.0 Å². The number of nitrogens with one attached hydrogen (secondary N) is 6. The maximum atomic E-state index is 13.5. The highest BCUT2D eigenvalue weighted by molar-refractivity contribution is 7.89. The number of carbonyl (C=O) groups is 6. The minimum absolute atomic E-state index is 0.0568. The molecular formula is C53H67N11O12S2. The molecular weight excluding hydrogens is 1050 g/mol. The number of carboxylic acids is 2. The van der Waals surface area contributed by atoms with E-state index in [1.165, 1.54) is 22.1 Å². The number of pyridine rings is 3. The van der Waals surface area contributed by atoms with E-state index in [1.807, 2.05) is 24.3 Å². The summed E-state index contributed by atoms with van der Waals surface area (Å²) in [4.78, 5) is 89.2. The number of fused-ring (bicyclic) bond motifs is 2. The number of hydrogen-bond acceptors (Lipinski definition) is 15. The molecule has 8 N–H and O–H groups in total. The highest BCUT2D eigenvalue weighted by Gasteiger charge is 2.43. The van der Waals surface area contributed by atoms with Crippen LogP contribution < -0.4 is 31.9 Å². The third-order valence-electron chi connectivity index (χ3n) is 14.5. The molecule has 23 nitrogen and oxygen atoms in total. The van der Waals surface area contributed by atoms with Crippen LogP contribution in [0.5, 0.6) is 0 Å². The molecule has 1 aromatic carbocycles. The number of aryl methyl sites for hydroxylation is 5. The van der Waals surface area contributed by atoms with Gasteiger partial charge in [0.1, 0.15) is 28.6 Å². The third kappa shape index (κ3) is 14.1. The van der Waals surface area contributed by atoms with Crippen molar-refractivity contribution in [2.75, 3.05) is 63.0 Å². The van der Waals surface area contributed by atoms with Crippen LogP contribution in [-0.4, -0.2) is 151 Å². The summed E-state index contributed by atoms with van der Waals surface area (Å²) in [6.07, 6.45) is 7.94. The lowest BCUT2D eigenvalue weighted by atomic mass is 9.89. The first-order valence-electron chi connectivity index (χ1n) is 26.4. The molecule has 4 aliphatic rings. The van der Waals surface area contributed by atoms with Crippen LogP contribution >= 0.6 is 0 Å². The van der Waals surface area contributed by atoms with Crippen LogP contribution in [0.4, 0.5) is 11.6 Å². The number of nitrogens with zero attached hydrogens (tertiary/aromatic N) is 5. The Balaban J connectivity index is 0.724. The largest absolute Gasteiger partial charge is 0.480 e. The zero-order chi connectivity index (χ0) is 55.7. The Morgan fingerprint density at radius 2 is 1.18 bits per heavy atom. The summed E-state index contributed by atoms with van der Waals surface area (Å²) >= 11 is 0. The molecule has 2 fully saturated rings. The Morgan fingerprint density at radius 1 is 0.654 bits per heavy atom. The zero-order valence-electron chi connectivity index (χ0n) is 43.6. The minimum Gasteiger partial charge on any atom is -0.480 e. The molecule has 3 aromatic heterocycles. The molecule has 0 spiro atoms. The van der Waals surface area contributed by atoms with Gasteiger partial charge in [0.2, 0.25) is 43.7 Å². The van der Waals surface area contributed by atoms with Gasteiger partial charge in [-0.05, 0) is 125 Å². The maximum absolute atomic E-state index is 13.5. The van der Waals surface area contributed by atoms with Crippen LogP contribution in [0.15, 0.2) is 70.6 Å². The number of aliphatic carboxylic acids is 2. The fourth-order valence-electron chi connectivity index (χ4n) is 9.88. The summed E-state index contributed by atoms with van der Waals surface area (Å²) in [5.41, 5.74) is 6.02. The fraction of sp³-hybridized carbons (Fsp3) is 0.491. The standard InChI is InChI=1S/C53H67N11O12S2/c1-32-22-33(2)24-40(23-32)78(75,76)64-30-36(31-64)51(68)62-45(53(71)72)27-58-47(66)12-6-4-10-38-15-17-42-41(19-21-55-49(42)60-38)43-18-16-39(25-56-43)77(73,74)63-28-35(29-63)50(67)61-44(52(69)70)26-57-46(65)11-5-3-9-37-14-13-34-8-7-20-54-48(34)59-37/h13-18,22-25,35-36,41,44-45H,3-12,19-21,26-31H2,1-2H3,(H,54,59)(H,55,60)(H,57,65)(H,58,66)(H,61,67)(H,62,68)(H,69,70)(H,71,72)/t41?,44?,45-/m0/s1. The molecule has 3 atom stereocenters. The molecule has 4 aromatic rings. The number of amides is 4. The second-order valence-corrected chi connectivity index (χ2v) is 24.3. The second kappa shape index (κ2) is 25.1. The van der Waals surface area contributed by atoms with Crippen LogP contribution in [0.25, 0.3) is 0 Å². The normalized spacial score (nSPS) is 17.5. The SMILES string of the molecule is Cc1cc(C)cc(S(=O)(=O)N2CC(C(=O)N[C@@H](CNC(=O)CCCCc3ccc4c(n3)NCCC4c3ccc(S(=O)(=O)N4CC(C(=O)NC(CNC(=O)CCCCc5ccc6c(n5)NCCC6)C(=O)O)C4)cn3)C(=O)O)C2)c1. The zero-order valence-corrected chi connectivity index (χ0v) is 45.3. The predicted octanol–water partition coefficient (Wildman–Crippen LogP) is 2.23. The van der Waals surface area contributed by atoms with E-state index in [0.717, 1.165) is 64.0 Å². The lowest BCUT2D eigenvalue weighted by Gasteiger charge is -2.37. The highest BCUT2D eigenvalue weighted by Crippen LogP contribution is 2.36. The molecule has 4 aliphatic heterocycles. The van der Waals surface area contributed by atoms with Gasteiger partial charge in [0, 0.05) is 100.0 Å². The number of benzene rings is 1. The van der Waals surface area contributed by atoms with Crippen LogP contribution in [-0.2, 0) is 68.1 Å². The van der Waals surface area contributed by atoms with Gasteiger partial charge in [-0.15, -0.1) is 0 Å². The van der Waals surface area contributed by atoms with Crippen molar-refractivity contribution in [2.45, 2.75) is 112 Å². The molecule has 2 unspecified atom stereocenters. The molecule has 4 amide bonds. The first-order chi connectivity index (χ1) is 37.2. The summed E-state index contributed by atoms with van der Waals surface area (Å²) in [5, 5.41) is 36.2. The number of sulfonamides is 2. The quantitative estimate of drug-likeness (QED) is 0.0441. The lowest BCUT2D eigenvalue weighted by Crippen LogP contribution is -2.58. The fourth-order valence-corrected chi connectivity index (χ4v) is 13.1. The molecule has 25 heteroatoms. The smallest absolute Gasteiger partial charge is 0.328 e. The van der Waals surface area contributed by atoms with Gasteiger partial charge in [-0.3, -0.25) is 24.2 Å². The van der Waals surface area contributed by atoms with Crippen molar-refractivity contribution in [3.8, 4) is 0 Å². The number of carboxylic acid groups (broad SMARTS) is 2. The topological polar surface area (TPSA) is 328 Å². The van der Waals surface area contributed by atoms with E-state index in [-0.39, 0.29) is 73.7 Å². The summed E-state index contributed by atoms with van der Waals surface area (Å²) in [5.74, 6) is -4.77. The molecule has 418 valence electrons. The Kier molecular flexibility index (Phi) is 18.4. The van der Waals surface area contributed by atoms with Crippen molar-refractivity contribution in [3.63, 3.8) is 0 Å². The van der Waals surface area contributed by atoms with Crippen molar-refractivity contribution >= 4 is 67.2 Å². The van der Waals surface area contributed by atoms with E-state index < -0.39 is 73.6 Å². The Bertz CT molecular complexity index is 3110. The summed E-state index contributed by atoms with van der Waals surface area (Å²) in [6, 6.07) is 13.2. The minimum atomic E-state index is -4.02. The van der Waals surface area contributed by atoms with Gasteiger partial charge in [0.15, 0.2) is 0 Å². The first kappa shape index (κ1) is 57.1. The van der Waals surface area contributed by atoms with E-state index in [9.17, 15) is 55.8 Å². The van der Waals surface area contributed by atoms with E-state index in [2.05, 4.69) is 47.9 Å². The van der Waals surface area contributed by atoms with Crippen LogP contribution in [0.1, 0.15) is 96.6 Å². The van der Waals surface area contributed by atoms with Gasteiger partial charge in [0.05, 0.1) is 16.7 Å². The lowest BCUT2D eigenvalue weighted by molar-refractivity contribution is -0.143. The van der Waals surface area contributed by atoms with E-state index >= 15 is 0 Å². The van der Waals surface area contributed by atoms with Crippen LogP contribution in [0, 0.1) is 25.7 Å². The molecule has 8 rings (SSSR count). The molecule has 0 bridgehead atoms. The molecule has 2 saturated heterocycles. The monoisotopic (exact) mass is 1110 g/mol. The summed E-state index contributed by atoms with van der Waals surface area (Å²) in [6.45, 7) is 3.90. The van der Waals surface area contributed by atoms with Crippen LogP contribution in [0.2, 0.25) is 0 Å². The number of aromatic nitrogens is 3. The molecule has 0 saturated carbocycles. The first-order valence-corrected chi connectivity index (χ1v) is 29.2. The molecule has 0 aliphatic carbocycles. The number of rotatable bonds is 25. The third-order valence-corrected chi connectivity index (χ3v) is 18.1. The average molecular weight is 1110 g/mol. The number of hydrogen-bond donors (Lipinski definition) is 8. The van der Waals surface area contributed by atoms with Gasteiger partial charge in [-0.25, -0.2) is 36.4 Å². The highest BCUT2D eigenvalue weighted by atomic mass is 32.2. The van der Waals surface area contributed by atoms with Gasteiger partial charge in [0.25, 0.3) is 0 Å². The van der Waals surface area contributed by atoms with Crippen molar-refractivity contribution in [2.24, 2.45) is 11.8 Å². The maximum Gasteiger partial charge on any atom is 0.328 e. The predicted molar refractivity (Wildman–Crippen MR) is 285 cm³/mol. The van der Waals surface area contributed by atoms with Gasteiger partial charge in [-0.1, -0.05) is 18.2 Å². The van der Waals surface area contributed by atoms with Crippen molar-refractivity contribution in [1.82, 2.24) is 44.8 Å². The average Bonchev–Trinajstić information content (AvgIpc) is 3.39. The molecule has 78 heavy (non-hydrogen) atoms. The Labute approximate surface area is 453 Å². The van der Waals surface area contributed by atoms with Gasteiger partial charge in [-0.2, -0.15) is 8.61 Å². The van der Waals surface area contributed by atoms with Crippen molar-refractivity contribution in [1.29, 1.82) is 0 Å².